The second kappa shape index (κ2) is 3.87. The fourth-order valence-corrected chi connectivity index (χ4v) is 1.45. The van der Waals surface area contributed by atoms with E-state index in [4.69, 9.17) is 14.9 Å². The maximum absolute atomic E-state index is 11.1. The van der Waals surface area contributed by atoms with Gasteiger partial charge < -0.3 is 14.9 Å². The van der Waals surface area contributed by atoms with Gasteiger partial charge in [-0.1, -0.05) is 0 Å². The molecule has 12 heavy (non-hydrogen) atoms. The molecule has 1 rings (SSSR count). The van der Waals surface area contributed by atoms with E-state index in [1.54, 1.807) is 6.92 Å². The van der Waals surface area contributed by atoms with Crippen LogP contribution in [0.5, 0.6) is 0 Å². The summed E-state index contributed by atoms with van der Waals surface area (Å²) in [5.74, 6) is -0.636. The molecule has 0 unspecified atom stereocenters. The van der Waals surface area contributed by atoms with Gasteiger partial charge in [0.1, 0.15) is 0 Å². The van der Waals surface area contributed by atoms with Crippen LogP contribution in [0.2, 0.25) is 0 Å². The molecule has 1 saturated carbocycles. The standard InChI is InChI=1S/C8H14O4/c1-2-12-8(11)5-3-6(9)7(10)4-5/h5-7,9-10H,2-4H2,1H3/t5-,6-,7+. The molecule has 0 amide bonds. The van der Waals surface area contributed by atoms with E-state index in [0.717, 1.165) is 0 Å². The van der Waals surface area contributed by atoms with Crippen molar-refractivity contribution >= 4 is 5.97 Å². The molecule has 70 valence electrons. The molecule has 1 aliphatic carbocycles. The maximum Gasteiger partial charge on any atom is 0.309 e. The van der Waals surface area contributed by atoms with Crippen LogP contribution in [0.3, 0.4) is 0 Å². The third-order valence-electron chi connectivity index (χ3n) is 2.12. The normalized spacial score (nSPS) is 35.1. The van der Waals surface area contributed by atoms with E-state index in [1.807, 2.05) is 0 Å². The quantitative estimate of drug-likeness (QED) is 0.563. The molecule has 0 radical (unpaired) electrons. The van der Waals surface area contributed by atoms with Crippen molar-refractivity contribution in [2.24, 2.45) is 5.92 Å². The Morgan fingerprint density at radius 3 is 2.33 bits per heavy atom. The molecule has 0 bridgehead atoms. The lowest BCUT2D eigenvalue weighted by molar-refractivity contribution is -0.148. The first-order chi connectivity index (χ1) is 5.65. The molecule has 1 aliphatic rings. The van der Waals surface area contributed by atoms with E-state index in [0.29, 0.717) is 19.4 Å². The second-order valence-corrected chi connectivity index (χ2v) is 3.06. The van der Waals surface area contributed by atoms with E-state index in [9.17, 15) is 4.79 Å². The molecule has 0 saturated heterocycles. The fourth-order valence-electron chi connectivity index (χ4n) is 1.45. The van der Waals surface area contributed by atoms with Gasteiger partial charge in [-0.2, -0.15) is 0 Å². The first kappa shape index (κ1) is 9.48. The molecule has 0 aromatic rings. The number of esters is 1. The second-order valence-electron chi connectivity index (χ2n) is 3.06. The molecule has 0 heterocycles. The molecular weight excluding hydrogens is 160 g/mol. The Bertz CT molecular complexity index is 158. The summed E-state index contributed by atoms with van der Waals surface area (Å²) in [6, 6.07) is 0. The summed E-state index contributed by atoms with van der Waals surface area (Å²) < 4.78 is 4.76. The lowest BCUT2D eigenvalue weighted by atomic mass is 10.1. The van der Waals surface area contributed by atoms with Crippen LogP contribution in [0, 0.1) is 5.92 Å². The number of carbonyl (C=O) groups excluding carboxylic acids is 1. The maximum atomic E-state index is 11.1. The summed E-state index contributed by atoms with van der Waals surface area (Å²) in [7, 11) is 0. The summed E-state index contributed by atoms with van der Waals surface area (Å²) in [4.78, 5) is 11.1. The van der Waals surface area contributed by atoms with Gasteiger partial charge in [-0.15, -0.1) is 0 Å². The number of carbonyl (C=O) groups is 1. The van der Waals surface area contributed by atoms with Crippen molar-refractivity contribution in [2.75, 3.05) is 6.61 Å². The zero-order chi connectivity index (χ0) is 9.14. The van der Waals surface area contributed by atoms with Crippen LogP contribution in [-0.2, 0) is 9.53 Å². The zero-order valence-corrected chi connectivity index (χ0v) is 7.06. The van der Waals surface area contributed by atoms with Crippen molar-refractivity contribution in [2.45, 2.75) is 32.0 Å². The van der Waals surface area contributed by atoms with E-state index >= 15 is 0 Å². The first-order valence-electron chi connectivity index (χ1n) is 4.18. The smallest absolute Gasteiger partial charge is 0.309 e. The van der Waals surface area contributed by atoms with Gasteiger partial charge in [0.2, 0.25) is 0 Å². The van der Waals surface area contributed by atoms with Crippen LogP contribution in [0.1, 0.15) is 19.8 Å². The molecule has 4 nitrogen and oxygen atoms in total. The molecule has 2 N–H and O–H groups in total. The predicted octanol–water partition coefficient (Wildman–Crippen LogP) is -0.319. The van der Waals surface area contributed by atoms with Crippen LogP contribution in [0.4, 0.5) is 0 Å². The van der Waals surface area contributed by atoms with E-state index in [2.05, 4.69) is 0 Å². The van der Waals surface area contributed by atoms with Crippen molar-refractivity contribution in [3.05, 3.63) is 0 Å². The van der Waals surface area contributed by atoms with E-state index < -0.39 is 12.2 Å². The minimum Gasteiger partial charge on any atom is -0.466 e. The summed E-state index contributed by atoms with van der Waals surface area (Å²) in [6.07, 6.45) is -0.890. The SMILES string of the molecule is CCOC(=O)[C@@H]1C[C@@H](O)[C@@H](O)C1. The monoisotopic (exact) mass is 174 g/mol. The lowest BCUT2D eigenvalue weighted by Crippen LogP contribution is -2.17. The molecule has 0 aliphatic heterocycles. The third kappa shape index (κ3) is 1.95. The Morgan fingerprint density at radius 2 is 1.92 bits per heavy atom. The van der Waals surface area contributed by atoms with Gasteiger partial charge in [0, 0.05) is 0 Å². The highest BCUT2D eigenvalue weighted by Gasteiger charge is 2.36. The number of hydrogen-bond donors (Lipinski definition) is 2. The van der Waals surface area contributed by atoms with Crippen LogP contribution < -0.4 is 0 Å². The van der Waals surface area contributed by atoms with Gasteiger partial charge in [-0.25, -0.2) is 0 Å². The number of aliphatic hydroxyl groups excluding tert-OH is 2. The number of ether oxygens (including phenoxy) is 1. The van der Waals surface area contributed by atoms with Gasteiger partial charge in [0.25, 0.3) is 0 Å². The van der Waals surface area contributed by atoms with Gasteiger partial charge in [0.15, 0.2) is 0 Å². The zero-order valence-electron chi connectivity index (χ0n) is 7.06. The Labute approximate surface area is 71.2 Å². The van der Waals surface area contributed by atoms with Crippen LogP contribution in [-0.4, -0.2) is 35.0 Å². The first-order valence-corrected chi connectivity index (χ1v) is 4.18. The number of rotatable bonds is 2. The Balaban J connectivity index is 2.40. The van der Waals surface area contributed by atoms with Gasteiger partial charge in [0.05, 0.1) is 24.7 Å². The third-order valence-corrected chi connectivity index (χ3v) is 2.12. The van der Waals surface area contributed by atoms with Crippen molar-refractivity contribution in [3.8, 4) is 0 Å². The van der Waals surface area contributed by atoms with Crippen molar-refractivity contribution in [1.82, 2.24) is 0 Å². The molecule has 0 aromatic carbocycles. The lowest BCUT2D eigenvalue weighted by Gasteiger charge is -2.06. The average molecular weight is 174 g/mol. The summed E-state index contributed by atoms with van der Waals surface area (Å²) in [5, 5.41) is 18.3. The molecular formula is C8H14O4. The molecule has 1 fully saturated rings. The Kier molecular flexibility index (Phi) is 3.05. The van der Waals surface area contributed by atoms with Crippen molar-refractivity contribution in [1.29, 1.82) is 0 Å². The minimum atomic E-state index is -0.764. The summed E-state index contributed by atoms with van der Waals surface area (Å²) >= 11 is 0. The van der Waals surface area contributed by atoms with Crippen LogP contribution >= 0.6 is 0 Å². The van der Waals surface area contributed by atoms with Gasteiger partial charge in [-0.05, 0) is 19.8 Å². The average Bonchev–Trinajstić information content (AvgIpc) is 2.33. The molecule has 4 heteroatoms. The summed E-state index contributed by atoms with van der Waals surface area (Å²) in [5.41, 5.74) is 0. The van der Waals surface area contributed by atoms with Crippen LogP contribution in [0.25, 0.3) is 0 Å². The highest BCUT2D eigenvalue weighted by atomic mass is 16.5. The Hall–Kier alpha value is -0.610. The minimum absolute atomic E-state index is 0.312. The van der Waals surface area contributed by atoms with Crippen LogP contribution in [0.15, 0.2) is 0 Å². The fraction of sp³-hybridized carbons (Fsp3) is 0.875. The predicted molar refractivity (Wildman–Crippen MR) is 41.4 cm³/mol. The van der Waals surface area contributed by atoms with E-state index in [-0.39, 0.29) is 11.9 Å². The number of hydrogen-bond acceptors (Lipinski definition) is 4. The van der Waals surface area contributed by atoms with Crippen molar-refractivity contribution in [3.63, 3.8) is 0 Å². The van der Waals surface area contributed by atoms with E-state index in [1.165, 1.54) is 0 Å². The highest BCUT2D eigenvalue weighted by molar-refractivity contribution is 5.72. The summed E-state index contributed by atoms with van der Waals surface area (Å²) in [6.45, 7) is 2.08. The molecule has 0 spiro atoms. The van der Waals surface area contributed by atoms with Crippen molar-refractivity contribution < 1.29 is 19.7 Å². The van der Waals surface area contributed by atoms with Gasteiger partial charge >= 0.3 is 5.97 Å². The molecule has 3 atom stereocenters. The largest absolute Gasteiger partial charge is 0.466 e. The topological polar surface area (TPSA) is 66.8 Å². The highest BCUT2D eigenvalue weighted by Crippen LogP contribution is 2.26. The number of aliphatic hydroxyl groups is 2. The van der Waals surface area contributed by atoms with Gasteiger partial charge in [-0.3, -0.25) is 4.79 Å². The Morgan fingerprint density at radius 1 is 1.42 bits per heavy atom. The molecule has 0 aromatic heterocycles.